The molecule has 102 valence electrons. The van der Waals surface area contributed by atoms with Gasteiger partial charge < -0.3 is 4.74 Å². The smallest absolute Gasteiger partial charge is 0.307 e. The van der Waals surface area contributed by atoms with Crippen LogP contribution < -0.4 is 5.56 Å². The van der Waals surface area contributed by atoms with Crippen LogP contribution in [-0.2, 0) is 22.5 Å². The number of hydrogen-bond acceptors (Lipinski definition) is 5. The van der Waals surface area contributed by atoms with Crippen molar-refractivity contribution in [1.82, 2.24) is 19.4 Å². The van der Waals surface area contributed by atoms with Crippen LogP contribution in [0.3, 0.4) is 0 Å². The first-order chi connectivity index (χ1) is 9.06. The summed E-state index contributed by atoms with van der Waals surface area (Å²) < 4.78 is 7.42. The number of ether oxygens (including phenoxy) is 1. The van der Waals surface area contributed by atoms with Gasteiger partial charge in [0.05, 0.1) is 25.8 Å². The number of aromatic nitrogens is 4. The van der Waals surface area contributed by atoms with E-state index in [2.05, 4.69) is 14.9 Å². The Morgan fingerprint density at radius 3 is 2.79 bits per heavy atom. The van der Waals surface area contributed by atoms with E-state index in [-0.39, 0.29) is 24.5 Å². The Bertz CT molecular complexity index is 671. The fourth-order valence-electron chi connectivity index (χ4n) is 1.88. The van der Waals surface area contributed by atoms with Crippen molar-refractivity contribution in [3.05, 3.63) is 27.9 Å². The van der Waals surface area contributed by atoms with Crippen LogP contribution in [0.25, 0.3) is 5.52 Å². The molecule has 7 nitrogen and oxygen atoms in total. The second-order valence-corrected chi connectivity index (χ2v) is 4.21. The minimum atomic E-state index is -0.365. The summed E-state index contributed by atoms with van der Waals surface area (Å²) in [4.78, 5) is 23.3. The maximum absolute atomic E-state index is 12.2. The molecule has 0 saturated carbocycles. The zero-order valence-corrected chi connectivity index (χ0v) is 11.2. The van der Waals surface area contributed by atoms with Crippen molar-refractivity contribution < 1.29 is 9.53 Å². The molecular formula is C12H16N4O3. The molecule has 7 heteroatoms. The Morgan fingerprint density at radius 1 is 1.42 bits per heavy atom. The predicted octanol–water partition coefficient (Wildman–Crippen LogP) is 0.325. The number of carbonyl (C=O) groups excluding carboxylic acids is 1. The van der Waals surface area contributed by atoms with Gasteiger partial charge >= 0.3 is 5.97 Å². The molecule has 0 bridgehead atoms. The molecular weight excluding hydrogens is 248 g/mol. The molecule has 0 aromatic carbocycles. The first-order valence-electron chi connectivity index (χ1n) is 6.10. The van der Waals surface area contributed by atoms with Gasteiger partial charge in [-0.2, -0.15) is 10.2 Å². The maximum Gasteiger partial charge on any atom is 0.307 e. The number of carbonyl (C=O) groups is 1. The summed E-state index contributed by atoms with van der Waals surface area (Å²) in [5.41, 5.74) is 0.996. The average Bonchev–Trinajstić information content (AvgIpc) is 2.80. The number of fused-ring (bicyclic) bond motifs is 1. The van der Waals surface area contributed by atoms with Gasteiger partial charge in [-0.05, 0) is 13.0 Å². The van der Waals surface area contributed by atoms with Crippen LogP contribution in [0.5, 0.6) is 0 Å². The Balaban J connectivity index is 2.47. The van der Waals surface area contributed by atoms with Crippen LogP contribution in [-0.4, -0.2) is 32.5 Å². The number of rotatable bonds is 4. The molecule has 0 aliphatic rings. The standard InChI is InChI=1S/C12H16N4O3/c1-4-10-14-15(6-5-11(17)19-3)12(18)9-7-8(2)13-16(9)10/h7H,4-6H2,1-3H3. The van der Waals surface area contributed by atoms with Crippen molar-refractivity contribution >= 4 is 11.5 Å². The number of esters is 1. The molecule has 0 N–H and O–H groups in total. The Kier molecular flexibility index (Phi) is 3.64. The van der Waals surface area contributed by atoms with E-state index in [1.54, 1.807) is 10.6 Å². The summed E-state index contributed by atoms with van der Waals surface area (Å²) >= 11 is 0. The average molecular weight is 264 g/mol. The lowest BCUT2D eigenvalue weighted by Gasteiger charge is -2.07. The summed E-state index contributed by atoms with van der Waals surface area (Å²) in [5.74, 6) is 0.323. The molecule has 0 aliphatic carbocycles. The van der Waals surface area contributed by atoms with Gasteiger partial charge in [-0.15, -0.1) is 0 Å². The highest BCUT2D eigenvalue weighted by Gasteiger charge is 2.12. The van der Waals surface area contributed by atoms with Crippen LogP contribution in [0, 0.1) is 6.92 Å². The highest BCUT2D eigenvalue weighted by atomic mass is 16.5. The van der Waals surface area contributed by atoms with Crippen LogP contribution in [0.1, 0.15) is 24.9 Å². The molecule has 2 heterocycles. The predicted molar refractivity (Wildman–Crippen MR) is 68.0 cm³/mol. The summed E-state index contributed by atoms with van der Waals surface area (Å²) in [6, 6.07) is 1.72. The van der Waals surface area contributed by atoms with E-state index in [0.717, 1.165) is 5.69 Å². The van der Waals surface area contributed by atoms with Gasteiger partial charge in [0.1, 0.15) is 5.52 Å². The lowest BCUT2D eigenvalue weighted by atomic mass is 10.4. The summed E-state index contributed by atoms with van der Waals surface area (Å²) in [5, 5.41) is 8.48. The molecule has 0 unspecified atom stereocenters. The molecule has 0 amide bonds. The van der Waals surface area contributed by atoms with Gasteiger partial charge in [0, 0.05) is 6.42 Å². The first-order valence-corrected chi connectivity index (χ1v) is 6.10. The van der Waals surface area contributed by atoms with Crippen LogP contribution in [0.4, 0.5) is 0 Å². The van der Waals surface area contributed by atoms with E-state index in [0.29, 0.717) is 17.8 Å². The van der Waals surface area contributed by atoms with E-state index in [1.807, 2.05) is 13.8 Å². The Labute approximate surface area is 109 Å². The Hall–Kier alpha value is -2.18. The molecule has 0 fully saturated rings. The van der Waals surface area contributed by atoms with E-state index in [1.165, 1.54) is 11.8 Å². The fraction of sp³-hybridized carbons (Fsp3) is 0.500. The molecule has 0 spiro atoms. The van der Waals surface area contributed by atoms with Gasteiger partial charge in [-0.3, -0.25) is 9.59 Å². The summed E-state index contributed by atoms with van der Waals surface area (Å²) in [6.45, 7) is 3.97. The Morgan fingerprint density at radius 2 is 2.16 bits per heavy atom. The zero-order valence-electron chi connectivity index (χ0n) is 11.2. The maximum atomic E-state index is 12.2. The number of aryl methyl sites for hydroxylation is 3. The lowest BCUT2D eigenvalue weighted by molar-refractivity contribution is -0.140. The molecule has 0 saturated heterocycles. The third kappa shape index (κ3) is 2.49. The normalized spacial score (nSPS) is 10.9. The quantitative estimate of drug-likeness (QED) is 0.743. The van der Waals surface area contributed by atoms with Gasteiger partial charge in [0.25, 0.3) is 5.56 Å². The highest BCUT2D eigenvalue weighted by molar-refractivity contribution is 5.68. The zero-order chi connectivity index (χ0) is 14.0. The number of nitrogens with zero attached hydrogens (tertiary/aromatic N) is 4. The van der Waals surface area contributed by atoms with Crippen LogP contribution >= 0.6 is 0 Å². The molecule has 2 aromatic heterocycles. The largest absolute Gasteiger partial charge is 0.469 e. The SMILES string of the molecule is CCc1nn(CCC(=O)OC)c(=O)c2cc(C)nn12. The van der Waals surface area contributed by atoms with Crippen molar-refractivity contribution in [2.75, 3.05) is 7.11 Å². The fourth-order valence-corrected chi connectivity index (χ4v) is 1.88. The molecule has 0 atom stereocenters. The number of hydrogen-bond donors (Lipinski definition) is 0. The van der Waals surface area contributed by atoms with E-state index in [4.69, 9.17) is 0 Å². The van der Waals surface area contributed by atoms with Crippen LogP contribution in [0.15, 0.2) is 10.9 Å². The van der Waals surface area contributed by atoms with Gasteiger partial charge in [-0.1, -0.05) is 6.92 Å². The second kappa shape index (κ2) is 5.21. The third-order valence-corrected chi connectivity index (χ3v) is 2.84. The molecule has 0 radical (unpaired) electrons. The minimum Gasteiger partial charge on any atom is -0.469 e. The monoisotopic (exact) mass is 264 g/mol. The van der Waals surface area contributed by atoms with Crippen LogP contribution in [0.2, 0.25) is 0 Å². The van der Waals surface area contributed by atoms with Crippen molar-refractivity contribution in [1.29, 1.82) is 0 Å². The molecule has 2 aromatic rings. The third-order valence-electron chi connectivity index (χ3n) is 2.84. The van der Waals surface area contributed by atoms with Gasteiger partial charge in [-0.25, -0.2) is 9.20 Å². The number of methoxy groups -OCH3 is 1. The van der Waals surface area contributed by atoms with Crippen molar-refractivity contribution in [2.45, 2.75) is 33.2 Å². The van der Waals surface area contributed by atoms with Crippen molar-refractivity contribution in [2.24, 2.45) is 0 Å². The highest BCUT2D eigenvalue weighted by Crippen LogP contribution is 2.04. The molecule has 2 rings (SSSR count). The summed E-state index contributed by atoms with van der Waals surface area (Å²) in [6.07, 6.45) is 0.770. The van der Waals surface area contributed by atoms with Crippen molar-refractivity contribution in [3.63, 3.8) is 0 Å². The molecule has 0 aliphatic heterocycles. The summed E-state index contributed by atoms with van der Waals surface area (Å²) in [7, 11) is 1.32. The topological polar surface area (TPSA) is 78.5 Å². The first kappa shape index (κ1) is 13.3. The van der Waals surface area contributed by atoms with Crippen molar-refractivity contribution in [3.8, 4) is 0 Å². The van der Waals surface area contributed by atoms with Gasteiger partial charge in [0.2, 0.25) is 0 Å². The van der Waals surface area contributed by atoms with E-state index < -0.39 is 0 Å². The lowest BCUT2D eigenvalue weighted by Crippen LogP contribution is -2.28. The van der Waals surface area contributed by atoms with E-state index >= 15 is 0 Å². The minimum absolute atomic E-state index is 0.121. The second-order valence-electron chi connectivity index (χ2n) is 4.21. The molecule has 19 heavy (non-hydrogen) atoms. The van der Waals surface area contributed by atoms with E-state index in [9.17, 15) is 9.59 Å². The van der Waals surface area contributed by atoms with Gasteiger partial charge in [0.15, 0.2) is 5.82 Å².